The first-order valence-electron chi connectivity index (χ1n) is 13.0. The van der Waals surface area contributed by atoms with Crippen molar-refractivity contribution in [2.24, 2.45) is 0 Å². The van der Waals surface area contributed by atoms with Gasteiger partial charge in [-0.2, -0.15) is 23.0 Å². The third-order valence-corrected chi connectivity index (χ3v) is 7.50. The number of carbonyl (C=O) groups is 2. The molecule has 0 radical (unpaired) electrons. The zero-order valence-corrected chi connectivity index (χ0v) is 23.0. The standard InChI is InChI=1S/C31H24F3N3O4S/c1-2-41-30(40)27-24-18-42-28(26(24)29(39)37(36-27)22-15-13-21(14-16-22)31(32,33)34)35-25(38)17-23(19-9-5-3-6-10-19)20-11-7-4-8-12-20/h3-16,18,23H,2,17H2,1H3,(H,35,38). The van der Waals surface area contributed by atoms with E-state index in [1.807, 2.05) is 60.7 Å². The Morgan fingerprint density at radius 3 is 2.10 bits per heavy atom. The quantitative estimate of drug-likeness (QED) is 0.201. The molecule has 214 valence electrons. The highest BCUT2D eigenvalue weighted by molar-refractivity contribution is 7.16. The van der Waals surface area contributed by atoms with Crippen LogP contribution in [0.5, 0.6) is 0 Å². The normalized spacial score (nSPS) is 11.5. The van der Waals surface area contributed by atoms with Gasteiger partial charge in [-0.1, -0.05) is 60.7 Å². The van der Waals surface area contributed by atoms with Crippen LogP contribution in [0.4, 0.5) is 18.2 Å². The van der Waals surface area contributed by atoms with Crippen molar-refractivity contribution in [3.8, 4) is 5.69 Å². The number of fused-ring (bicyclic) bond motifs is 1. The molecule has 0 atom stereocenters. The van der Waals surface area contributed by atoms with Crippen molar-refractivity contribution in [2.45, 2.75) is 25.4 Å². The topological polar surface area (TPSA) is 90.3 Å². The van der Waals surface area contributed by atoms with Crippen molar-refractivity contribution in [1.29, 1.82) is 0 Å². The molecule has 1 amide bonds. The zero-order valence-electron chi connectivity index (χ0n) is 22.2. The Morgan fingerprint density at radius 1 is 0.952 bits per heavy atom. The summed E-state index contributed by atoms with van der Waals surface area (Å²) in [7, 11) is 0. The predicted octanol–water partition coefficient (Wildman–Crippen LogP) is 6.80. The van der Waals surface area contributed by atoms with E-state index in [0.29, 0.717) is 0 Å². The van der Waals surface area contributed by atoms with Gasteiger partial charge in [0, 0.05) is 23.1 Å². The van der Waals surface area contributed by atoms with Gasteiger partial charge in [0.1, 0.15) is 5.00 Å². The molecule has 1 N–H and O–H groups in total. The highest BCUT2D eigenvalue weighted by Crippen LogP contribution is 2.34. The van der Waals surface area contributed by atoms with Crippen LogP contribution in [0.25, 0.3) is 16.5 Å². The largest absolute Gasteiger partial charge is 0.461 e. The lowest BCUT2D eigenvalue weighted by Crippen LogP contribution is -2.26. The number of halogens is 3. The third kappa shape index (κ3) is 5.96. The Morgan fingerprint density at radius 2 is 1.55 bits per heavy atom. The number of carbonyl (C=O) groups excluding carboxylic acids is 2. The molecule has 0 fully saturated rings. The van der Waals surface area contributed by atoms with Gasteiger partial charge in [0.2, 0.25) is 5.91 Å². The average molecular weight is 592 g/mol. The van der Waals surface area contributed by atoms with E-state index in [2.05, 4.69) is 10.4 Å². The molecule has 0 aliphatic rings. The number of alkyl halides is 3. The second-order valence-corrected chi connectivity index (χ2v) is 10.2. The van der Waals surface area contributed by atoms with Gasteiger partial charge in [0.15, 0.2) is 5.69 Å². The molecule has 7 nitrogen and oxygen atoms in total. The number of anilines is 1. The monoisotopic (exact) mass is 591 g/mol. The van der Waals surface area contributed by atoms with Gasteiger partial charge in [-0.25, -0.2) is 4.79 Å². The molecule has 0 aliphatic heterocycles. The summed E-state index contributed by atoms with van der Waals surface area (Å²) in [5, 5.41) is 8.85. The number of esters is 1. The van der Waals surface area contributed by atoms with Crippen LogP contribution in [0.3, 0.4) is 0 Å². The maximum Gasteiger partial charge on any atom is 0.416 e. The summed E-state index contributed by atoms with van der Waals surface area (Å²) in [5.41, 5.74) is 0.0752. The Balaban J connectivity index is 1.55. The number of benzene rings is 3. The number of ether oxygens (including phenoxy) is 1. The maximum atomic E-state index is 13.7. The van der Waals surface area contributed by atoms with Gasteiger partial charge < -0.3 is 10.1 Å². The summed E-state index contributed by atoms with van der Waals surface area (Å²) >= 11 is 1.04. The van der Waals surface area contributed by atoms with Gasteiger partial charge in [0.05, 0.1) is 23.2 Å². The van der Waals surface area contributed by atoms with E-state index in [4.69, 9.17) is 4.74 Å². The lowest BCUT2D eigenvalue weighted by molar-refractivity contribution is -0.137. The molecule has 0 bridgehead atoms. The Labute approximate surface area is 242 Å². The van der Waals surface area contributed by atoms with E-state index in [1.54, 1.807) is 6.92 Å². The van der Waals surface area contributed by atoms with E-state index in [0.717, 1.165) is 51.4 Å². The van der Waals surface area contributed by atoms with Crippen molar-refractivity contribution in [3.63, 3.8) is 0 Å². The van der Waals surface area contributed by atoms with Crippen LogP contribution in [0.2, 0.25) is 0 Å². The predicted molar refractivity (Wildman–Crippen MR) is 154 cm³/mol. The van der Waals surface area contributed by atoms with Crippen molar-refractivity contribution < 1.29 is 27.5 Å². The lowest BCUT2D eigenvalue weighted by atomic mass is 9.88. The molecular weight excluding hydrogens is 567 g/mol. The van der Waals surface area contributed by atoms with E-state index >= 15 is 0 Å². The smallest absolute Gasteiger partial charge is 0.416 e. The fourth-order valence-corrected chi connectivity index (χ4v) is 5.57. The summed E-state index contributed by atoms with van der Waals surface area (Å²) in [6.07, 6.45) is -4.50. The fourth-order valence-electron chi connectivity index (χ4n) is 4.62. The van der Waals surface area contributed by atoms with E-state index in [1.165, 1.54) is 5.38 Å². The molecule has 0 saturated heterocycles. The molecule has 0 saturated carbocycles. The fraction of sp³-hybridized carbons (Fsp3) is 0.161. The second kappa shape index (κ2) is 12.0. The number of hydrogen-bond acceptors (Lipinski definition) is 6. The summed E-state index contributed by atoms with van der Waals surface area (Å²) in [4.78, 5) is 39.9. The Bertz CT molecular complexity index is 1750. The van der Waals surface area contributed by atoms with Gasteiger partial charge in [0.25, 0.3) is 5.56 Å². The van der Waals surface area contributed by atoms with Crippen LogP contribution in [0.1, 0.15) is 46.4 Å². The lowest BCUT2D eigenvalue weighted by Gasteiger charge is -2.18. The van der Waals surface area contributed by atoms with Crippen LogP contribution >= 0.6 is 11.3 Å². The Kier molecular flexibility index (Phi) is 8.21. The second-order valence-electron chi connectivity index (χ2n) is 9.31. The van der Waals surface area contributed by atoms with E-state index in [9.17, 15) is 27.6 Å². The van der Waals surface area contributed by atoms with Crippen molar-refractivity contribution in [2.75, 3.05) is 11.9 Å². The molecule has 2 heterocycles. The third-order valence-electron chi connectivity index (χ3n) is 6.61. The maximum absolute atomic E-state index is 13.7. The minimum Gasteiger partial charge on any atom is -0.461 e. The minimum atomic E-state index is -4.57. The molecule has 5 aromatic rings. The van der Waals surface area contributed by atoms with E-state index < -0.39 is 23.3 Å². The van der Waals surface area contributed by atoms with Gasteiger partial charge >= 0.3 is 12.1 Å². The SMILES string of the molecule is CCOC(=O)c1nn(-c2ccc(C(F)(F)F)cc2)c(=O)c2c(NC(=O)CC(c3ccccc3)c3ccccc3)scc12. The van der Waals surface area contributed by atoms with E-state index in [-0.39, 0.29) is 52.0 Å². The number of nitrogens with zero attached hydrogens (tertiary/aromatic N) is 2. The van der Waals surface area contributed by atoms with Gasteiger partial charge in [-0.15, -0.1) is 11.3 Å². The Hall–Kier alpha value is -4.77. The van der Waals surface area contributed by atoms with Crippen LogP contribution in [0.15, 0.2) is 95.1 Å². The van der Waals surface area contributed by atoms with Crippen LogP contribution in [-0.2, 0) is 15.7 Å². The van der Waals surface area contributed by atoms with Crippen molar-refractivity contribution >= 4 is 39.0 Å². The summed E-state index contributed by atoms with van der Waals surface area (Å²) < 4.78 is 45.3. The molecule has 42 heavy (non-hydrogen) atoms. The highest BCUT2D eigenvalue weighted by atomic mass is 32.1. The number of amides is 1. The number of nitrogens with one attached hydrogen (secondary N) is 1. The molecule has 5 rings (SSSR count). The first-order chi connectivity index (χ1) is 20.2. The average Bonchev–Trinajstić information content (AvgIpc) is 3.40. The van der Waals surface area contributed by atoms with Crippen molar-refractivity contribution in [3.05, 3.63) is 123 Å². The number of hydrogen-bond donors (Lipinski definition) is 1. The summed E-state index contributed by atoms with van der Waals surface area (Å²) in [6, 6.07) is 22.9. The molecule has 0 aliphatic carbocycles. The molecule has 2 aromatic heterocycles. The summed E-state index contributed by atoms with van der Waals surface area (Å²) in [5.74, 6) is -1.45. The molecule has 3 aromatic carbocycles. The van der Waals surface area contributed by atoms with Crippen LogP contribution in [-0.4, -0.2) is 28.3 Å². The van der Waals surface area contributed by atoms with Gasteiger partial charge in [-0.3, -0.25) is 9.59 Å². The molecule has 11 heteroatoms. The first kappa shape index (κ1) is 28.7. The van der Waals surface area contributed by atoms with Crippen LogP contribution in [0, 0.1) is 0 Å². The van der Waals surface area contributed by atoms with Crippen LogP contribution < -0.4 is 10.9 Å². The highest BCUT2D eigenvalue weighted by Gasteiger charge is 2.30. The molecule has 0 unspecified atom stereocenters. The van der Waals surface area contributed by atoms with Gasteiger partial charge in [-0.05, 0) is 42.3 Å². The zero-order chi connectivity index (χ0) is 29.9. The number of aromatic nitrogens is 2. The molecular formula is C31H24F3N3O4S. The molecule has 0 spiro atoms. The first-order valence-corrected chi connectivity index (χ1v) is 13.8. The van der Waals surface area contributed by atoms with Crippen molar-refractivity contribution in [1.82, 2.24) is 9.78 Å². The minimum absolute atomic E-state index is 0.00210. The number of thiophene rings is 1. The number of rotatable bonds is 8. The summed E-state index contributed by atoms with van der Waals surface area (Å²) in [6.45, 7) is 1.64.